The summed E-state index contributed by atoms with van der Waals surface area (Å²) in [6.45, 7) is 1.16. The number of amides is 1. The van der Waals surface area contributed by atoms with Gasteiger partial charge in [0.05, 0.1) is 20.7 Å². The third-order valence-corrected chi connectivity index (χ3v) is 4.71. The molecule has 1 saturated heterocycles. The van der Waals surface area contributed by atoms with E-state index in [1.807, 2.05) is 0 Å². The molecule has 2 heterocycles. The Morgan fingerprint density at radius 2 is 2.29 bits per heavy atom. The van der Waals surface area contributed by atoms with Crippen LogP contribution in [0.15, 0.2) is 13.6 Å². The summed E-state index contributed by atoms with van der Waals surface area (Å²) in [5.74, 6) is -0.191. The van der Waals surface area contributed by atoms with Crippen LogP contribution >= 0.6 is 43.2 Å². The zero-order chi connectivity index (χ0) is 12.4. The van der Waals surface area contributed by atoms with Gasteiger partial charge in [0.25, 0.3) is 0 Å². The second-order valence-corrected chi connectivity index (χ2v) is 7.28. The normalized spacial score (nSPS) is 16.4. The van der Waals surface area contributed by atoms with Gasteiger partial charge < -0.3 is 9.64 Å². The molecular formula is C10H9Br2NO3S. The molecule has 4 nitrogen and oxygen atoms in total. The first-order valence-corrected chi connectivity index (χ1v) is 7.31. The smallest absolute Gasteiger partial charge is 0.249 e. The van der Waals surface area contributed by atoms with Gasteiger partial charge >= 0.3 is 0 Å². The van der Waals surface area contributed by atoms with Crippen LogP contribution in [0, 0.1) is 0 Å². The molecule has 1 aromatic rings. The number of nitrogens with zero attached hydrogens (tertiary/aromatic N) is 1. The monoisotopic (exact) mass is 381 g/mol. The van der Waals surface area contributed by atoms with Crippen molar-refractivity contribution < 1.29 is 14.3 Å². The minimum absolute atomic E-state index is 0.0610. The van der Waals surface area contributed by atoms with Crippen molar-refractivity contribution in [2.75, 3.05) is 26.3 Å². The Labute approximate surface area is 119 Å². The number of hydrogen-bond acceptors (Lipinski definition) is 4. The number of thiophene rings is 1. The lowest BCUT2D eigenvalue weighted by Crippen LogP contribution is -2.44. The molecule has 0 atom stereocenters. The number of rotatable bonds is 3. The predicted molar refractivity (Wildman–Crippen MR) is 71.4 cm³/mol. The second-order valence-electron chi connectivity index (χ2n) is 3.53. The fourth-order valence-electron chi connectivity index (χ4n) is 1.51. The quantitative estimate of drug-likeness (QED) is 0.753. The van der Waals surface area contributed by atoms with E-state index >= 15 is 0 Å². The Balaban J connectivity index is 2.06. The molecule has 0 bridgehead atoms. The molecule has 1 aliphatic rings. The Morgan fingerprint density at radius 3 is 2.88 bits per heavy atom. The van der Waals surface area contributed by atoms with Gasteiger partial charge in [-0.05, 0) is 37.9 Å². The Morgan fingerprint density at radius 1 is 1.53 bits per heavy atom. The first-order chi connectivity index (χ1) is 8.08. The highest BCUT2D eigenvalue weighted by atomic mass is 79.9. The van der Waals surface area contributed by atoms with E-state index in [9.17, 15) is 9.59 Å². The summed E-state index contributed by atoms with van der Waals surface area (Å²) < 4.78 is 6.69. The minimum atomic E-state index is -0.130. The number of Topliss-reactive ketones (excluding diaryl/α,β-unsaturated/α-hetero) is 1. The van der Waals surface area contributed by atoms with Crippen molar-refractivity contribution in [1.29, 1.82) is 0 Å². The van der Waals surface area contributed by atoms with Gasteiger partial charge in [0.1, 0.15) is 6.61 Å². The summed E-state index contributed by atoms with van der Waals surface area (Å²) in [5.41, 5.74) is 0.612. The standard InChI is InChI=1S/C10H9Br2NO3S/c11-8-3-6(10(12)17-8)7(14)4-13-1-2-16-5-9(13)15/h3H,1-2,4-5H2. The zero-order valence-electron chi connectivity index (χ0n) is 8.74. The maximum absolute atomic E-state index is 12.0. The van der Waals surface area contributed by atoms with Gasteiger partial charge in [-0.3, -0.25) is 9.59 Å². The van der Waals surface area contributed by atoms with E-state index < -0.39 is 0 Å². The summed E-state index contributed by atoms with van der Waals surface area (Å²) in [7, 11) is 0. The zero-order valence-corrected chi connectivity index (χ0v) is 12.7. The second kappa shape index (κ2) is 5.60. The fourth-order valence-corrected chi connectivity index (χ4v) is 4.36. The van der Waals surface area contributed by atoms with Crippen molar-refractivity contribution in [1.82, 2.24) is 4.90 Å². The topological polar surface area (TPSA) is 46.6 Å². The molecule has 0 N–H and O–H groups in total. The van der Waals surface area contributed by atoms with Gasteiger partial charge in [-0.1, -0.05) is 0 Å². The van der Waals surface area contributed by atoms with Gasteiger partial charge in [-0.2, -0.15) is 0 Å². The van der Waals surface area contributed by atoms with Crippen LogP contribution in [-0.2, 0) is 9.53 Å². The third kappa shape index (κ3) is 3.15. The van der Waals surface area contributed by atoms with E-state index in [2.05, 4.69) is 31.9 Å². The highest BCUT2D eigenvalue weighted by molar-refractivity contribution is 9.12. The number of ether oxygens (including phenoxy) is 1. The molecule has 0 radical (unpaired) electrons. The number of ketones is 1. The maximum atomic E-state index is 12.0. The van der Waals surface area contributed by atoms with E-state index in [1.54, 1.807) is 6.07 Å². The number of morpholine rings is 1. The van der Waals surface area contributed by atoms with E-state index in [-0.39, 0.29) is 24.8 Å². The summed E-state index contributed by atoms with van der Waals surface area (Å²) in [6, 6.07) is 1.77. The van der Waals surface area contributed by atoms with E-state index in [4.69, 9.17) is 4.74 Å². The van der Waals surface area contributed by atoms with Crippen molar-refractivity contribution in [2.24, 2.45) is 0 Å². The van der Waals surface area contributed by atoms with E-state index in [1.165, 1.54) is 16.2 Å². The first-order valence-electron chi connectivity index (χ1n) is 4.91. The molecule has 92 valence electrons. The predicted octanol–water partition coefficient (Wildman–Crippen LogP) is 2.31. The van der Waals surface area contributed by atoms with E-state index in [0.717, 1.165) is 7.57 Å². The summed E-state index contributed by atoms with van der Waals surface area (Å²) in [5, 5.41) is 0. The number of hydrogen-bond donors (Lipinski definition) is 0. The Kier molecular flexibility index (Phi) is 4.35. The molecule has 0 saturated carbocycles. The highest BCUT2D eigenvalue weighted by Crippen LogP contribution is 2.32. The van der Waals surface area contributed by atoms with Crippen LogP contribution < -0.4 is 0 Å². The number of carbonyl (C=O) groups is 2. The molecule has 2 rings (SSSR count). The summed E-state index contributed by atoms with van der Waals surface area (Å²) in [4.78, 5) is 25.0. The molecule has 1 aliphatic heterocycles. The molecule has 0 aromatic carbocycles. The lowest BCUT2D eigenvalue weighted by Gasteiger charge is -2.25. The van der Waals surface area contributed by atoms with Crippen molar-refractivity contribution in [3.63, 3.8) is 0 Å². The summed E-state index contributed by atoms with van der Waals surface area (Å²) in [6.07, 6.45) is 0. The lowest BCUT2D eigenvalue weighted by atomic mass is 10.2. The fraction of sp³-hybridized carbons (Fsp3) is 0.400. The van der Waals surface area contributed by atoms with Crippen LogP contribution in [0.25, 0.3) is 0 Å². The molecule has 17 heavy (non-hydrogen) atoms. The van der Waals surface area contributed by atoms with Gasteiger partial charge in [-0.15, -0.1) is 11.3 Å². The molecule has 1 fully saturated rings. The average Bonchev–Trinajstić information content (AvgIpc) is 2.61. The highest BCUT2D eigenvalue weighted by Gasteiger charge is 2.23. The summed E-state index contributed by atoms with van der Waals surface area (Å²) >= 11 is 8.11. The van der Waals surface area contributed by atoms with Crippen molar-refractivity contribution in [2.45, 2.75) is 0 Å². The van der Waals surface area contributed by atoms with Gasteiger partial charge in [0.15, 0.2) is 5.78 Å². The first kappa shape index (κ1) is 13.2. The number of halogens is 2. The molecular weight excluding hydrogens is 374 g/mol. The van der Waals surface area contributed by atoms with Gasteiger partial charge in [0, 0.05) is 12.1 Å². The van der Waals surface area contributed by atoms with Crippen molar-refractivity contribution >= 4 is 54.9 Å². The van der Waals surface area contributed by atoms with Crippen LogP contribution in [0.3, 0.4) is 0 Å². The molecule has 7 heteroatoms. The van der Waals surface area contributed by atoms with Gasteiger partial charge in [-0.25, -0.2) is 0 Å². The molecule has 0 unspecified atom stereocenters. The van der Waals surface area contributed by atoms with Crippen LogP contribution in [0.1, 0.15) is 10.4 Å². The Hall–Kier alpha value is -0.240. The molecule has 0 spiro atoms. The minimum Gasteiger partial charge on any atom is -0.370 e. The van der Waals surface area contributed by atoms with Crippen LogP contribution in [0.4, 0.5) is 0 Å². The van der Waals surface area contributed by atoms with Crippen molar-refractivity contribution in [3.8, 4) is 0 Å². The average molecular weight is 383 g/mol. The Bertz CT molecular complexity index is 460. The lowest BCUT2D eigenvalue weighted by molar-refractivity contribution is -0.141. The van der Waals surface area contributed by atoms with Crippen LogP contribution in [-0.4, -0.2) is 42.9 Å². The molecule has 0 aliphatic carbocycles. The van der Waals surface area contributed by atoms with Crippen LogP contribution in [0.5, 0.6) is 0 Å². The maximum Gasteiger partial charge on any atom is 0.249 e. The SMILES string of the molecule is O=C(CN1CCOCC1=O)c1cc(Br)sc1Br. The van der Waals surface area contributed by atoms with E-state index in [0.29, 0.717) is 18.7 Å². The van der Waals surface area contributed by atoms with Crippen molar-refractivity contribution in [3.05, 3.63) is 19.2 Å². The number of carbonyl (C=O) groups excluding carboxylic acids is 2. The molecule has 1 aromatic heterocycles. The third-order valence-electron chi connectivity index (χ3n) is 2.38. The van der Waals surface area contributed by atoms with Gasteiger partial charge in [0.2, 0.25) is 5.91 Å². The molecule has 1 amide bonds. The van der Waals surface area contributed by atoms with Crippen LogP contribution in [0.2, 0.25) is 0 Å². The largest absolute Gasteiger partial charge is 0.370 e.